The van der Waals surface area contributed by atoms with Crippen molar-refractivity contribution in [2.75, 3.05) is 33.4 Å². The topological polar surface area (TPSA) is 47.7 Å². The van der Waals surface area contributed by atoms with Crippen molar-refractivity contribution in [3.05, 3.63) is 41.1 Å². The van der Waals surface area contributed by atoms with Gasteiger partial charge in [-0.1, -0.05) is 18.5 Å². The predicted octanol–water partition coefficient (Wildman–Crippen LogP) is 5.83. The normalized spacial score (nSPS) is 16.2. The number of nitrogens with zero attached hydrogens (tertiary/aromatic N) is 2. The van der Waals surface area contributed by atoms with Crippen molar-refractivity contribution in [1.29, 1.82) is 0 Å². The molecule has 4 rings (SSSR count). The Hall–Kier alpha value is -2.38. The van der Waals surface area contributed by atoms with Crippen LogP contribution in [0, 0.1) is 0 Å². The molecule has 31 heavy (non-hydrogen) atoms. The zero-order valence-corrected chi connectivity index (χ0v) is 18.3. The highest BCUT2D eigenvalue weighted by Crippen LogP contribution is 2.37. The van der Waals surface area contributed by atoms with Crippen LogP contribution in [0.5, 0.6) is 11.5 Å². The van der Waals surface area contributed by atoms with Gasteiger partial charge in [-0.05, 0) is 30.7 Å². The molecular formula is C23H25ClF2N2O3. The van der Waals surface area contributed by atoms with Crippen molar-refractivity contribution < 1.29 is 22.7 Å². The highest BCUT2D eigenvalue weighted by molar-refractivity contribution is 6.35. The van der Waals surface area contributed by atoms with E-state index in [4.69, 9.17) is 30.5 Å². The van der Waals surface area contributed by atoms with Gasteiger partial charge in [-0.25, -0.2) is 13.8 Å². The molecule has 1 fully saturated rings. The number of fused-ring (bicyclic) bond motifs is 1. The highest BCUT2D eigenvalue weighted by Gasteiger charge is 2.37. The zero-order valence-electron chi connectivity index (χ0n) is 17.6. The second-order valence-electron chi connectivity index (χ2n) is 7.71. The summed E-state index contributed by atoms with van der Waals surface area (Å²) in [4.78, 5) is 6.46. The fourth-order valence-corrected chi connectivity index (χ4v) is 4.02. The fourth-order valence-electron chi connectivity index (χ4n) is 3.77. The lowest BCUT2D eigenvalue weighted by Gasteiger charge is -2.16. The van der Waals surface area contributed by atoms with Crippen LogP contribution in [-0.2, 0) is 6.42 Å². The van der Waals surface area contributed by atoms with Gasteiger partial charge in [0.1, 0.15) is 11.5 Å². The maximum absolute atomic E-state index is 13.3. The Morgan fingerprint density at radius 3 is 2.74 bits per heavy atom. The van der Waals surface area contributed by atoms with E-state index in [1.165, 1.54) is 0 Å². The van der Waals surface area contributed by atoms with Gasteiger partial charge in [-0.15, -0.1) is 0 Å². The first-order valence-corrected chi connectivity index (χ1v) is 10.8. The summed E-state index contributed by atoms with van der Waals surface area (Å²) in [6.45, 7) is 3.22. The van der Waals surface area contributed by atoms with Crippen LogP contribution in [0.25, 0.3) is 22.4 Å². The summed E-state index contributed by atoms with van der Waals surface area (Å²) in [5.74, 6) is 0.0414. The number of pyridine rings is 1. The minimum absolute atomic E-state index is 0.0729. The smallest absolute Gasteiger partial charge is 0.261 e. The van der Waals surface area contributed by atoms with E-state index >= 15 is 0 Å². The molecule has 2 aromatic heterocycles. The van der Waals surface area contributed by atoms with Crippen LogP contribution in [0.2, 0.25) is 5.02 Å². The van der Waals surface area contributed by atoms with Gasteiger partial charge in [0.2, 0.25) is 0 Å². The molecule has 5 nitrogen and oxygen atoms in total. The van der Waals surface area contributed by atoms with Gasteiger partial charge >= 0.3 is 0 Å². The standard InChI is InChI=1S/C23H25ClF2N2O3/c1-3-15-5-6-20(31-15)19-12-17(24)16-11-21(29-2)22(13-18(16)27-19)30-10-4-8-28-9-7-23(25,26)14-28/h5-6,11-13H,3-4,7-10,14H2,1-2H3. The van der Waals surface area contributed by atoms with Crippen LogP contribution in [0.15, 0.2) is 34.7 Å². The number of alkyl halides is 2. The van der Waals surface area contributed by atoms with E-state index in [0.29, 0.717) is 59.6 Å². The summed E-state index contributed by atoms with van der Waals surface area (Å²) in [5, 5.41) is 1.28. The number of methoxy groups -OCH3 is 1. The predicted molar refractivity (Wildman–Crippen MR) is 117 cm³/mol. The van der Waals surface area contributed by atoms with Crippen LogP contribution >= 0.6 is 11.6 Å². The van der Waals surface area contributed by atoms with Crippen molar-refractivity contribution in [3.63, 3.8) is 0 Å². The van der Waals surface area contributed by atoms with E-state index in [2.05, 4.69) is 0 Å². The molecule has 0 saturated carbocycles. The van der Waals surface area contributed by atoms with Gasteiger partial charge in [0.15, 0.2) is 17.3 Å². The first kappa shape index (κ1) is 21.8. The zero-order chi connectivity index (χ0) is 22.0. The third kappa shape index (κ3) is 4.93. The average Bonchev–Trinajstić information content (AvgIpc) is 3.36. The second kappa shape index (κ2) is 9.01. The maximum Gasteiger partial charge on any atom is 0.261 e. The lowest BCUT2D eigenvalue weighted by molar-refractivity contribution is 0.0118. The number of hydrogen-bond acceptors (Lipinski definition) is 5. The first-order valence-electron chi connectivity index (χ1n) is 10.4. The number of aryl methyl sites for hydroxylation is 1. The van der Waals surface area contributed by atoms with E-state index in [0.717, 1.165) is 17.6 Å². The largest absolute Gasteiger partial charge is 0.493 e. The number of benzene rings is 1. The molecule has 1 aromatic carbocycles. The molecule has 0 spiro atoms. The number of halogens is 3. The Balaban J connectivity index is 1.51. The molecule has 8 heteroatoms. The molecule has 3 aromatic rings. The summed E-state index contributed by atoms with van der Waals surface area (Å²) >= 11 is 6.51. The van der Waals surface area contributed by atoms with E-state index in [9.17, 15) is 8.78 Å². The Morgan fingerprint density at radius 1 is 1.23 bits per heavy atom. The number of aromatic nitrogens is 1. The lowest BCUT2D eigenvalue weighted by Crippen LogP contribution is -2.27. The van der Waals surface area contributed by atoms with Crippen molar-refractivity contribution in [2.45, 2.75) is 32.1 Å². The Morgan fingerprint density at radius 2 is 2.06 bits per heavy atom. The van der Waals surface area contributed by atoms with Crippen molar-refractivity contribution in [3.8, 4) is 23.0 Å². The SMILES string of the molecule is CCc1ccc(-c2cc(Cl)c3cc(OC)c(OCCCN4CCC(F)(F)C4)cc3n2)o1. The van der Waals surface area contributed by atoms with E-state index in [-0.39, 0.29) is 13.0 Å². The van der Waals surface area contributed by atoms with Gasteiger partial charge < -0.3 is 13.9 Å². The lowest BCUT2D eigenvalue weighted by atomic mass is 10.1. The Bertz CT molecular complexity index is 1070. The molecule has 0 radical (unpaired) electrons. The summed E-state index contributed by atoms with van der Waals surface area (Å²) in [7, 11) is 1.56. The van der Waals surface area contributed by atoms with Gasteiger partial charge in [-0.3, -0.25) is 4.90 Å². The van der Waals surface area contributed by atoms with Crippen molar-refractivity contribution >= 4 is 22.5 Å². The molecule has 0 amide bonds. The summed E-state index contributed by atoms with van der Waals surface area (Å²) in [6, 6.07) is 9.16. The highest BCUT2D eigenvalue weighted by atomic mass is 35.5. The summed E-state index contributed by atoms with van der Waals surface area (Å²) < 4.78 is 43.8. The van der Waals surface area contributed by atoms with Crippen LogP contribution in [0.1, 0.15) is 25.5 Å². The third-order valence-corrected chi connectivity index (χ3v) is 5.74. The molecule has 0 N–H and O–H groups in total. The summed E-state index contributed by atoms with van der Waals surface area (Å²) in [5.41, 5.74) is 1.30. The number of furan rings is 1. The molecule has 0 unspecified atom stereocenters. The monoisotopic (exact) mass is 450 g/mol. The van der Waals surface area contributed by atoms with Gasteiger partial charge in [0.25, 0.3) is 5.92 Å². The molecule has 1 saturated heterocycles. The number of likely N-dealkylation sites (tertiary alicyclic amines) is 1. The van der Waals surface area contributed by atoms with Gasteiger partial charge in [0, 0.05) is 37.4 Å². The minimum atomic E-state index is -2.57. The molecular weight excluding hydrogens is 426 g/mol. The van der Waals surface area contributed by atoms with Crippen LogP contribution in [0.3, 0.4) is 0 Å². The minimum Gasteiger partial charge on any atom is -0.493 e. The average molecular weight is 451 g/mol. The molecule has 166 valence electrons. The van der Waals surface area contributed by atoms with E-state index in [1.807, 2.05) is 19.1 Å². The molecule has 1 aliphatic rings. The van der Waals surface area contributed by atoms with Crippen molar-refractivity contribution in [2.24, 2.45) is 0 Å². The molecule has 3 heterocycles. The van der Waals surface area contributed by atoms with Crippen LogP contribution in [0.4, 0.5) is 8.78 Å². The molecule has 1 aliphatic heterocycles. The summed E-state index contributed by atoms with van der Waals surface area (Å²) in [6.07, 6.45) is 1.36. The quantitative estimate of drug-likeness (QED) is 0.404. The maximum atomic E-state index is 13.3. The Kier molecular flexibility index (Phi) is 6.34. The van der Waals surface area contributed by atoms with Crippen molar-refractivity contribution in [1.82, 2.24) is 9.88 Å². The number of rotatable bonds is 8. The van der Waals surface area contributed by atoms with Crippen LogP contribution in [-0.4, -0.2) is 49.2 Å². The fraction of sp³-hybridized carbons (Fsp3) is 0.435. The Labute approximate surface area is 184 Å². The van der Waals surface area contributed by atoms with Gasteiger partial charge in [-0.2, -0.15) is 0 Å². The van der Waals surface area contributed by atoms with E-state index in [1.54, 1.807) is 30.2 Å². The first-order chi connectivity index (χ1) is 14.9. The third-order valence-electron chi connectivity index (χ3n) is 5.43. The number of ether oxygens (including phenoxy) is 2. The molecule has 0 aliphatic carbocycles. The molecule has 0 atom stereocenters. The van der Waals surface area contributed by atoms with E-state index < -0.39 is 5.92 Å². The number of hydrogen-bond donors (Lipinski definition) is 0. The van der Waals surface area contributed by atoms with Gasteiger partial charge in [0.05, 0.1) is 30.8 Å². The van der Waals surface area contributed by atoms with Crippen LogP contribution < -0.4 is 9.47 Å². The molecule has 0 bridgehead atoms. The second-order valence-corrected chi connectivity index (χ2v) is 8.12.